The summed E-state index contributed by atoms with van der Waals surface area (Å²) in [6.45, 7) is 6.45. The van der Waals surface area contributed by atoms with Gasteiger partial charge in [-0.1, -0.05) is 51.1 Å². The van der Waals surface area contributed by atoms with Gasteiger partial charge in [-0.15, -0.1) is 0 Å². The van der Waals surface area contributed by atoms with E-state index in [4.69, 9.17) is 0 Å². The van der Waals surface area contributed by atoms with E-state index in [1.807, 2.05) is 51.1 Å². The van der Waals surface area contributed by atoms with Gasteiger partial charge in [0.1, 0.15) is 23.6 Å². The molecule has 1 saturated heterocycles. The molecule has 36 heavy (non-hydrogen) atoms. The fraction of sp³-hybridized carbons (Fsp3) is 0.423. The third-order valence-corrected chi connectivity index (χ3v) is 6.38. The molecular formula is C26H30F3N5O2. The average Bonchev–Trinajstić information content (AvgIpc) is 3.39. The maximum Gasteiger partial charge on any atom is 0.407 e. The van der Waals surface area contributed by atoms with Crippen molar-refractivity contribution in [3.8, 4) is 11.4 Å². The molecule has 2 heterocycles. The molecule has 0 aliphatic carbocycles. The SMILES string of the molecule is CC(C)(C)[C@@H](NCC1CN(C(=O)O)CC1F)c1nc(-c2cc(F)ccc2F)nn1Cc1ccccc1. The number of carboxylic acid groups (broad SMARTS) is 1. The van der Waals surface area contributed by atoms with Crippen molar-refractivity contribution in [3.63, 3.8) is 0 Å². The van der Waals surface area contributed by atoms with Gasteiger partial charge in [0.05, 0.1) is 24.7 Å². The monoisotopic (exact) mass is 501 g/mol. The van der Waals surface area contributed by atoms with Gasteiger partial charge < -0.3 is 15.3 Å². The van der Waals surface area contributed by atoms with Crippen molar-refractivity contribution in [3.05, 3.63) is 71.6 Å². The van der Waals surface area contributed by atoms with Gasteiger partial charge in [-0.3, -0.25) is 0 Å². The number of hydrogen-bond acceptors (Lipinski definition) is 4. The maximum absolute atomic E-state index is 14.6. The Morgan fingerprint density at radius 1 is 1.17 bits per heavy atom. The zero-order chi connectivity index (χ0) is 26.0. The molecule has 0 spiro atoms. The molecule has 1 aliphatic rings. The number of carbonyl (C=O) groups is 1. The molecule has 2 unspecified atom stereocenters. The van der Waals surface area contributed by atoms with Crippen LogP contribution in [0.4, 0.5) is 18.0 Å². The molecule has 0 radical (unpaired) electrons. The van der Waals surface area contributed by atoms with E-state index in [-0.39, 0.29) is 31.0 Å². The second kappa shape index (κ2) is 10.3. The van der Waals surface area contributed by atoms with Crippen LogP contribution in [0.2, 0.25) is 0 Å². The van der Waals surface area contributed by atoms with Crippen LogP contribution in [0.5, 0.6) is 0 Å². The van der Waals surface area contributed by atoms with E-state index >= 15 is 0 Å². The zero-order valence-electron chi connectivity index (χ0n) is 20.5. The largest absolute Gasteiger partial charge is 0.465 e. The minimum absolute atomic E-state index is 0.0487. The normalized spacial score (nSPS) is 19.0. The highest BCUT2D eigenvalue weighted by atomic mass is 19.1. The Hall–Kier alpha value is -3.40. The summed E-state index contributed by atoms with van der Waals surface area (Å²) in [5.74, 6) is -1.21. The first-order valence-corrected chi connectivity index (χ1v) is 11.8. The molecule has 3 atom stereocenters. The number of likely N-dealkylation sites (tertiary alicyclic amines) is 1. The van der Waals surface area contributed by atoms with E-state index in [2.05, 4.69) is 15.4 Å². The van der Waals surface area contributed by atoms with E-state index in [1.165, 1.54) is 0 Å². The number of benzene rings is 2. The van der Waals surface area contributed by atoms with Crippen LogP contribution in [0.1, 0.15) is 38.2 Å². The van der Waals surface area contributed by atoms with Crippen molar-refractivity contribution in [2.45, 2.75) is 39.5 Å². The van der Waals surface area contributed by atoms with Crippen molar-refractivity contribution in [2.24, 2.45) is 11.3 Å². The molecule has 2 N–H and O–H groups in total. The summed E-state index contributed by atoms with van der Waals surface area (Å²) in [6.07, 6.45) is -2.43. The maximum atomic E-state index is 14.6. The van der Waals surface area contributed by atoms with Crippen LogP contribution in [0, 0.1) is 23.0 Å². The smallest absolute Gasteiger partial charge is 0.407 e. The molecule has 3 aromatic rings. The fourth-order valence-corrected chi connectivity index (χ4v) is 4.46. The molecule has 1 aliphatic heterocycles. The van der Waals surface area contributed by atoms with Gasteiger partial charge in [0.15, 0.2) is 5.82 Å². The lowest BCUT2D eigenvalue weighted by atomic mass is 9.85. The van der Waals surface area contributed by atoms with Crippen molar-refractivity contribution in [1.82, 2.24) is 25.0 Å². The summed E-state index contributed by atoms with van der Waals surface area (Å²) in [7, 11) is 0. The van der Waals surface area contributed by atoms with Gasteiger partial charge in [-0.05, 0) is 29.2 Å². The molecule has 1 aromatic heterocycles. The second-order valence-corrected chi connectivity index (χ2v) is 10.2. The highest BCUT2D eigenvalue weighted by Crippen LogP contribution is 2.34. The summed E-state index contributed by atoms with van der Waals surface area (Å²) >= 11 is 0. The van der Waals surface area contributed by atoms with Crippen molar-refractivity contribution in [2.75, 3.05) is 19.6 Å². The predicted molar refractivity (Wildman–Crippen MR) is 129 cm³/mol. The molecule has 192 valence electrons. The number of aromatic nitrogens is 3. The lowest BCUT2D eigenvalue weighted by Crippen LogP contribution is -2.39. The number of amides is 1. The summed E-state index contributed by atoms with van der Waals surface area (Å²) in [5, 5.41) is 17.1. The molecule has 0 saturated carbocycles. The van der Waals surface area contributed by atoms with Crippen molar-refractivity contribution < 1.29 is 23.1 Å². The molecule has 2 aromatic carbocycles. The zero-order valence-corrected chi connectivity index (χ0v) is 20.5. The van der Waals surface area contributed by atoms with Crippen molar-refractivity contribution in [1.29, 1.82) is 0 Å². The number of halogens is 3. The number of nitrogens with zero attached hydrogens (tertiary/aromatic N) is 4. The molecule has 1 fully saturated rings. The van der Waals surface area contributed by atoms with Gasteiger partial charge in [0, 0.05) is 19.0 Å². The first kappa shape index (κ1) is 25.7. The molecule has 1 amide bonds. The Morgan fingerprint density at radius 2 is 1.89 bits per heavy atom. The number of hydrogen-bond donors (Lipinski definition) is 2. The first-order chi connectivity index (χ1) is 17.0. The van der Waals surface area contributed by atoms with E-state index in [1.54, 1.807) is 4.68 Å². The van der Waals surface area contributed by atoms with Gasteiger partial charge in [-0.2, -0.15) is 5.10 Å². The van der Waals surface area contributed by atoms with Crippen LogP contribution >= 0.6 is 0 Å². The van der Waals surface area contributed by atoms with Gasteiger partial charge in [0.25, 0.3) is 0 Å². The van der Waals surface area contributed by atoms with Crippen LogP contribution in [0.3, 0.4) is 0 Å². The van der Waals surface area contributed by atoms with Crippen LogP contribution in [0.25, 0.3) is 11.4 Å². The Morgan fingerprint density at radius 3 is 2.53 bits per heavy atom. The minimum Gasteiger partial charge on any atom is -0.465 e. The van der Waals surface area contributed by atoms with E-state index < -0.39 is 41.3 Å². The summed E-state index contributed by atoms with van der Waals surface area (Å²) in [6, 6.07) is 12.3. The molecule has 7 nitrogen and oxygen atoms in total. The van der Waals surface area contributed by atoms with Gasteiger partial charge in [-0.25, -0.2) is 27.6 Å². The van der Waals surface area contributed by atoms with Crippen molar-refractivity contribution >= 4 is 6.09 Å². The Labute approximate surface area is 208 Å². The lowest BCUT2D eigenvalue weighted by molar-refractivity contribution is 0.152. The predicted octanol–water partition coefficient (Wildman–Crippen LogP) is 4.90. The topological polar surface area (TPSA) is 83.3 Å². The van der Waals surface area contributed by atoms with E-state index in [0.29, 0.717) is 12.4 Å². The molecular weight excluding hydrogens is 471 g/mol. The standard InChI is InChI=1S/C26H30F3N5O2/c1-26(2,3)22(30-12-17-14-33(25(35)36)15-21(17)29)24-31-23(19-11-18(27)9-10-20(19)28)32-34(24)13-16-7-5-4-6-8-16/h4-11,17,21-22,30H,12-15H2,1-3H3,(H,35,36)/t17?,21?,22-/m0/s1. The Balaban J connectivity index is 1.69. The third kappa shape index (κ3) is 5.70. The number of nitrogens with one attached hydrogen (secondary N) is 1. The van der Waals surface area contributed by atoms with Crippen LogP contribution in [0.15, 0.2) is 48.5 Å². The van der Waals surface area contributed by atoms with E-state index in [9.17, 15) is 23.1 Å². The highest BCUT2D eigenvalue weighted by molar-refractivity contribution is 5.65. The van der Waals surface area contributed by atoms with Gasteiger partial charge in [0.2, 0.25) is 0 Å². The summed E-state index contributed by atoms with van der Waals surface area (Å²) in [4.78, 5) is 17.0. The van der Waals surface area contributed by atoms with Crippen LogP contribution < -0.4 is 5.32 Å². The lowest BCUT2D eigenvalue weighted by Gasteiger charge is -2.32. The molecule has 4 rings (SSSR count). The average molecular weight is 502 g/mol. The first-order valence-electron chi connectivity index (χ1n) is 11.8. The highest BCUT2D eigenvalue weighted by Gasteiger charge is 2.38. The summed E-state index contributed by atoms with van der Waals surface area (Å²) in [5.41, 5.74) is 0.475. The van der Waals surface area contributed by atoms with Crippen LogP contribution in [-0.4, -0.2) is 56.7 Å². The quantitative estimate of drug-likeness (QED) is 0.481. The minimum atomic E-state index is -1.28. The number of alkyl halides is 1. The Bertz CT molecular complexity index is 1210. The van der Waals surface area contributed by atoms with E-state index in [0.717, 1.165) is 28.7 Å². The third-order valence-electron chi connectivity index (χ3n) is 6.38. The van der Waals surface area contributed by atoms with Crippen LogP contribution in [-0.2, 0) is 6.54 Å². The Kier molecular flexibility index (Phi) is 7.35. The molecule has 10 heteroatoms. The second-order valence-electron chi connectivity index (χ2n) is 10.2. The molecule has 0 bridgehead atoms. The summed E-state index contributed by atoms with van der Waals surface area (Å²) < 4.78 is 44.7. The number of rotatable bonds is 7. The fourth-order valence-electron chi connectivity index (χ4n) is 4.46. The van der Waals surface area contributed by atoms with Gasteiger partial charge >= 0.3 is 6.09 Å².